The van der Waals surface area contributed by atoms with E-state index in [1.807, 2.05) is 13.8 Å². The van der Waals surface area contributed by atoms with Crippen LogP contribution in [0.4, 0.5) is 0 Å². The number of nitrogens with zero attached hydrogens (tertiary/aromatic N) is 3. The lowest BCUT2D eigenvalue weighted by atomic mass is 10.2. The number of benzene rings is 1. The van der Waals surface area contributed by atoms with E-state index in [4.69, 9.17) is 16.3 Å². The number of phenolic OH excluding ortho intramolecular Hbond substituents is 1. The number of amides is 1. The second kappa shape index (κ2) is 8.79. The van der Waals surface area contributed by atoms with Crippen LogP contribution in [0, 0.1) is 6.92 Å². The Morgan fingerprint density at radius 3 is 2.47 bits per heavy atom. The van der Waals surface area contributed by atoms with Crippen molar-refractivity contribution in [1.29, 1.82) is 0 Å². The van der Waals surface area contributed by atoms with Gasteiger partial charge in [-0.3, -0.25) is 4.79 Å². The van der Waals surface area contributed by atoms with Crippen molar-refractivity contribution in [3.8, 4) is 11.6 Å². The molecule has 0 unspecified atom stereocenters. The van der Waals surface area contributed by atoms with Gasteiger partial charge in [0.2, 0.25) is 15.9 Å². The number of phenols is 1. The van der Waals surface area contributed by atoms with Crippen molar-refractivity contribution >= 4 is 27.5 Å². The van der Waals surface area contributed by atoms with E-state index in [2.05, 4.69) is 4.98 Å². The summed E-state index contributed by atoms with van der Waals surface area (Å²) >= 11 is 6.17. The van der Waals surface area contributed by atoms with E-state index in [0.29, 0.717) is 5.56 Å². The number of aryl methyl sites for hydroxylation is 1. The predicted octanol–water partition coefficient (Wildman–Crippen LogP) is 2.68. The third-order valence-electron chi connectivity index (χ3n) is 4.66. The summed E-state index contributed by atoms with van der Waals surface area (Å²) in [5, 5.41) is 10.2. The zero-order valence-corrected chi connectivity index (χ0v) is 18.6. The van der Waals surface area contributed by atoms with Gasteiger partial charge in [-0.2, -0.15) is 4.31 Å². The van der Waals surface area contributed by atoms with Crippen molar-refractivity contribution in [3.63, 3.8) is 0 Å². The Kier molecular flexibility index (Phi) is 6.54. The van der Waals surface area contributed by atoms with Gasteiger partial charge in [-0.25, -0.2) is 13.4 Å². The van der Waals surface area contributed by atoms with E-state index in [1.165, 1.54) is 28.7 Å². The fourth-order valence-corrected chi connectivity index (χ4v) is 4.93. The monoisotopic (exact) mass is 453 g/mol. The molecule has 10 heteroatoms. The Hall–Kier alpha value is -2.36. The molecule has 1 N–H and O–H groups in total. The lowest BCUT2D eigenvalue weighted by molar-refractivity contribution is 0.0697. The van der Waals surface area contributed by atoms with Gasteiger partial charge in [0, 0.05) is 32.4 Å². The van der Waals surface area contributed by atoms with Crippen LogP contribution in [0.2, 0.25) is 5.02 Å². The highest BCUT2D eigenvalue weighted by atomic mass is 35.5. The normalized spacial score (nSPS) is 15.4. The molecule has 0 radical (unpaired) electrons. The van der Waals surface area contributed by atoms with E-state index in [1.54, 1.807) is 17.9 Å². The number of rotatable bonds is 5. The number of carbonyl (C=O) groups is 1. The Labute approximate surface area is 181 Å². The second-order valence-electron chi connectivity index (χ2n) is 7.35. The van der Waals surface area contributed by atoms with Gasteiger partial charge in [0.15, 0.2) is 0 Å². The minimum atomic E-state index is -3.86. The number of sulfonamides is 1. The number of hydrogen-bond donors (Lipinski definition) is 1. The summed E-state index contributed by atoms with van der Waals surface area (Å²) in [6.45, 7) is 6.13. The smallest absolute Gasteiger partial charge is 0.255 e. The summed E-state index contributed by atoms with van der Waals surface area (Å²) in [4.78, 5) is 18.3. The molecule has 30 heavy (non-hydrogen) atoms. The molecule has 0 saturated carbocycles. The maximum atomic E-state index is 12.9. The van der Waals surface area contributed by atoms with Crippen LogP contribution in [0.15, 0.2) is 35.4 Å². The third-order valence-corrected chi connectivity index (χ3v) is 6.86. The minimum Gasteiger partial charge on any atom is -0.507 e. The SMILES string of the molecule is Cc1ccc(O)c(S(=O)(=O)N2CCN(C(=O)c3cnc(OC(C)C)c(Cl)c3)CC2)c1. The Balaban J connectivity index is 1.70. The fourth-order valence-electron chi connectivity index (χ4n) is 3.13. The van der Waals surface area contributed by atoms with Gasteiger partial charge < -0.3 is 14.7 Å². The molecule has 2 aromatic rings. The van der Waals surface area contributed by atoms with Gasteiger partial charge in [-0.15, -0.1) is 0 Å². The minimum absolute atomic E-state index is 0.0978. The van der Waals surface area contributed by atoms with Crippen molar-refractivity contribution in [2.75, 3.05) is 26.2 Å². The van der Waals surface area contributed by atoms with Crippen LogP contribution in [0.3, 0.4) is 0 Å². The first kappa shape index (κ1) is 22.3. The van der Waals surface area contributed by atoms with Gasteiger partial charge in [-0.1, -0.05) is 17.7 Å². The summed E-state index contributed by atoms with van der Waals surface area (Å²) < 4.78 is 32.5. The molecular weight excluding hydrogens is 430 g/mol. The lowest BCUT2D eigenvalue weighted by Crippen LogP contribution is -2.50. The molecule has 1 saturated heterocycles. The summed E-state index contributed by atoms with van der Waals surface area (Å²) in [7, 11) is -3.86. The van der Waals surface area contributed by atoms with E-state index < -0.39 is 10.0 Å². The molecule has 1 amide bonds. The molecule has 1 aromatic carbocycles. The van der Waals surface area contributed by atoms with E-state index in [9.17, 15) is 18.3 Å². The molecule has 162 valence electrons. The second-order valence-corrected chi connectivity index (χ2v) is 9.66. The summed E-state index contributed by atoms with van der Waals surface area (Å²) in [5.74, 6) is -0.309. The number of carbonyl (C=O) groups excluding carboxylic acids is 1. The average molecular weight is 454 g/mol. The van der Waals surface area contributed by atoms with Crippen molar-refractivity contribution in [2.45, 2.75) is 31.8 Å². The summed E-state index contributed by atoms with van der Waals surface area (Å²) in [6, 6.07) is 5.95. The molecule has 0 atom stereocenters. The van der Waals surface area contributed by atoms with Crippen molar-refractivity contribution < 1.29 is 23.1 Å². The number of aromatic hydroxyl groups is 1. The number of aromatic nitrogens is 1. The topological polar surface area (TPSA) is 100 Å². The summed E-state index contributed by atoms with van der Waals surface area (Å²) in [6.07, 6.45) is 1.30. The molecule has 0 spiro atoms. The highest BCUT2D eigenvalue weighted by molar-refractivity contribution is 7.89. The predicted molar refractivity (Wildman–Crippen MR) is 113 cm³/mol. The Morgan fingerprint density at radius 2 is 1.87 bits per heavy atom. The maximum absolute atomic E-state index is 12.9. The molecular formula is C20H24ClN3O5S. The van der Waals surface area contributed by atoms with Crippen molar-refractivity contribution in [2.24, 2.45) is 0 Å². The first-order valence-electron chi connectivity index (χ1n) is 9.51. The van der Waals surface area contributed by atoms with Crippen LogP contribution in [0.5, 0.6) is 11.6 Å². The number of hydrogen-bond acceptors (Lipinski definition) is 6. The molecule has 0 bridgehead atoms. The van der Waals surface area contributed by atoms with Crippen molar-refractivity contribution in [1.82, 2.24) is 14.2 Å². The standard InChI is InChI=1S/C20H24ClN3O5S/c1-13(2)29-19-16(21)11-15(12-22-19)20(26)23-6-8-24(9-7-23)30(27,28)18-10-14(3)4-5-17(18)25/h4-5,10-13,25H,6-9H2,1-3H3. The highest BCUT2D eigenvalue weighted by Gasteiger charge is 2.32. The van der Waals surface area contributed by atoms with Crippen LogP contribution in [-0.2, 0) is 10.0 Å². The molecule has 1 aliphatic heterocycles. The van der Waals surface area contributed by atoms with E-state index >= 15 is 0 Å². The van der Waals surface area contributed by atoms with Gasteiger partial charge in [0.25, 0.3) is 5.91 Å². The molecule has 1 aromatic heterocycles. The molecule has 8 nitrogen and oxygen atoms in total. The van der Waals surface area contributed by atoms with Gasteiger partial charge in [-0.05, 0) is 44.5 Å². The van der Waals surface area contributed by atoms with Crippen molar-refractivity contribution in [3.05, 3.63) is 46.6 Å². The van der Waals surface area contributed by atoms with Crippen LogP contribution in [-0.4, -0.2) is 65.9 Å². The largest absolute Gasteiger partial charge is 0.507 e. The third kappa shape index (κ3) is 4.69. The lowest BCUT2D eigenvalue weighted by Gasteiger charge is -2.34. The van der Waals surface area contributed by atoms with Crippen LogP contribution in [0.25, 0.3) is 0 Å². The summed E-state index contributed by atoms with van der Waals surface area (Å²) in [5.41, 5.74) is 1.04. The Bertz CT molecular complexity index is 1050. The Morgan fingerprint density at radius 1 is 1.20 bits per heavy atom. The number of piperazine rings is 1. The van der Waals surface area contributed by atoms with Crippen LogP contribution >= 0.6 is 11.6 Å². The quantitative estimate of drug-likeness (QED) is 0.747. The highest BCUT2D eigenvalue weighted by Crippen LogP contribution is 2.28. The molecule has 2 heterocycles. The van der Waals surface area contributed by atoms with Gasteiger partial charge >= 0.3 is 0 Å². The first-order chi connectivity index (χ1) is 14.1. The van der Waals surface area contributed by atoms with E-state index in [0.717, 1.165) is 5.56 Å². The first-order valence-corrected chi connectivity index (χ1v) is 11.3. The van der Waals surface area contributed by atoms with Gasteiger partial charge in [0.05, 0.1) is 11.7 Å². The molecule has 1 fully saturated rings. The molecule has 1 aliphatic rings. The average Bonchev–Trinajstić information content (AvgIpc) is 2.70. The molecule has 3 rings (SSSR count). The fraction of sp³-hybridized carbons (Fsp3) is 0.400. The number of ether oxygens (including phenoxy) is 1. The number of pyridine rings is 1. The number of halogens is 1. The van der Waals surface area contributed by atoms with Crippen LogP contribution < -0.4 is 4.74 Å². The van der Waals surface area contributed by atoms with Crippen LogP contribution in [0.1, 0.15) is 29.8 Å². The maximum Gasteiger partial charge on any atom is 0.255 e. The molecule has 0 aliphatic carbocycles. The van der Waals surface area contributed by atoms with Gasteiger partial charge in [0.1, 0.15) is 15.7 Å². The zero-order chi connectivity index (χ0) is 22.1. The zero-order valence-electron chi connectivity index (χ0n) is 17.0. The van der Waals surface area contributed by atoms with E-state index in [-0.39, 0.29) is 59.7 Å².